The number of H-pyrrole nitrogens is 1. The van der Waals surface area contributed by atoms with Gasteiger partial charge in [-0.25, -0.2) is 8.42 Å². The van der Waals surface area contributed by atoms with Crippen molar-refractivity contribution in [3.05, 3.63) is 5.82 Å². The van der Waals surface area contributed by atoms with Gasteiger partial charge >= 0.3 is 0 Å². The fraction of sp³-hybridized carbons (Fsp3) is 0.667. The van der Waals surface area contributed by atoms with Crippen LogP contribution in [0.4, 0.5) is 0 Å². The van der Waals surface area contributed by atoms with Crippen LogP contribution in [0.25, 0.3) is 0 Å². The van der Waals surface area contributed by atoms with Gasteiger partial charge in [0.2, 0.25) is 0 Å². The normalized spacial score (nSPS) is 22.9. The third-order valence-electron chi connectivity index (χ3n) is 1.82. The summed E-state index contributed by atoms with van der Waals surface area (Å²) in [5.74, 6) is 0.300. The second-order valence-electron chi connectivity index (χ2n) is 2.88. The molecule has 9 heteroatoms. The van der Waals surface area contributed by atoms with E-state index in [1.54, 1.807) is 0 Å². The van der Waals surface area contributed by atoms with Gasteiger partial charge in [0, 0.05) is 10.7 Å². The minimum atomic E-state index is -3.90. The minimum absolute atomic E-state index is 0.300. The Morgan fingerprint density at radius 2 is 2.27 bits per heavy atom. The molecule has 1 atom stereocenters. The summed E-state index contributed by atoms with van der Waals surface area (Å²) < 4.78 is 32.2. The summed E-state index contributed by atoms with van der Waals surface area (Å²) in [5.41, 5.74) is 0. The van der Waals surface area contributed by atoms with Gasteiger partial charge in [-0.2, -0.15) is 4.98 Å². The van der Waals surface area contributed by atoms with Crippen molar-refractivity contribution in [2.45, 2.75) is 11.3 Å². The molecule has 7 nitrogen and oxygen atoms in total. The topological polar surface area (TPSA) is 94.2 Å². The number of rotatable bonds is 2. The van der Waals surface area contributed by atoms with Crippen molar-refractivity contribution in [1.82, 2.24) is 15.2 Å². The number of nitrogens with zero attached hydrogens (tertiary/aromatic N) is 2. The Hall–Kier alpha value is -0.700. The molecular weight excluding hydrogens is 246 g/mol. The molecule has 0 saturated carbocycles. The Bertz CT molecular complexity index is 439. The van der Waals surface area contributed by atoms with Crippen molar-refractivity contribution in [2.75, 3.05) is 19.8 Å². The van der Waals surface area contributed by atoms with E-state index in [-0.39, 0.29) is 0 Å². The smallest absolute Gasteiger partial charge is 0.298 e. The van der Waals surface area contributed by atoms with Gasteiger partial charge in [0.05, 0.1) is 19.8 Å². The molecule has 2 rings (SSSR count). The van der Waals surface area contributed by atoms with E-state index >= 15 is 0 Å². The van der Waals surface area contributed by atoms with Crippen LogP contribution >= 0.6 is 10.7 Å². The molecule has 1 N–H and O–H groups in total. The largest absolute Gasteiger partial charge is 0.376 e. The Kier molecular flexibility index (Phi) is 2.91. The van der Waals surface area contributed by atoms with Crippen LogP contribution in [0.15, 0.2) is 5.16 Å². The van der Waals surface area contributed by atoms with Crippen molar-refractivity contribution in [3.63, 3.8) is 0 Å². The van der Waals surface area contributed by atoms with Gasteiger partial charge in [0.1, 0.15) is 6.10 Å². The second-order valence-corrected chi connectivity index (χ2v) is 5.34. The zero-order chi connectivity index (χ0) is 10.9. The lowest BCUT2D eigenvalue weighted by Crippen LogP contribution is -2.22. The summed E-state index contributed by atoms with van der Waals surface area (Å²) in [4.78, 5) is 3.71. The van der Waals surface area contributed by atoms with Crippen molar-refractivity contribution in [2.24, 2.45) is 0 Å². The van der Waals surface area contributed by atoms with Crippen molar-refractivity contribution in [1.29, 1.82) is 0 Å². The average Bonchev–Trinajstić information content (AvgIpc) is 2.67. The van der Waals surface area contributed by atoms with E-state index in [0.717, 1.165) is 0 Å². The first-order valence-corrected chi connectivity index (χ1v) is 6.44. The molecule has 1 aliphatic heterocycles. The Morgan fingerprint density at radius 1 is 1.47 bits per heavy atom. The predicted octanol–water partition coefficient (Wildman–Crippen LogP) is -0.180. The SMILES string of the molecule is O=S(=O)(Cl)c1n[nH]c(C2COCCO2)n1. The number of hydrogen-bond donors (Lipinski definition) is 1. The molecule has 1 aromatic rings. The molecule has 1 saturated heterocycles. The first-order chi connectivity index (χ1) is 7.07. The van der Waals surface area contributed by atoms with Crippen molar-refractivity contribution >= 4 is 19.7 Å². The van der Waals surface area contributed by atoms with Crippen LogP contribution in [-0.4, -0.2) is 43.4 Å². The van der Waals surface area contributed by atoms with Crippen LogP contribution in [0.1, 0.15) is 11.9 Å². The lowest BCUT2D eigenvalue weighted by Gasteiger charge is -2.20. The first-order valence-electron chi connectivity index (χ1n) is 4.13. The summed E-state index contributed by atoms with van der Waals surface area (Å²) in [5, 5.41) is 5.47. The van der Waals surface area contributed by atoms with Gasteiger partial charge < -0.3 is 9.47 Å². The lowest BCUT2D eigenvalue weighted by molar-refractivity contribution is -0.0934. The van der Waals surface area contributed by atoms with Gasteiger partial charge in [0.25, 0.3) is 14.2 Å². The molecule has 0 spiro atoms. The molecule has 84 valence electrons. The molecule has 2 heterocycles. The van der Waals surface area contributed by atoms with Gasteiger partial charge in [0.15, 0.2) is 5.82 Å². The molecular formula is C6H8ClN3O4S. The minimum Gasteiger partial charge on any atom is -0.376 e. The fourth-order valence-corrected chi connectivity index (χ4v) is 1.73. The highest BCUT2D eigenvalue weighted by atomic mass is 35.7. The first kappa shape index (κ1) is 10.8. The van der Waals surface area contributed by atoms with Gasteiger partial charge in [-0.05, 0) is 0 Å². The monoisotopic (exact) mass is 253 g/mol. The Labute approximate surface area is 90.2 Å². The quantitative estimate of drug-likeness (QED) is 0.735. The van der Waals surface area contributed by atoms with E-state index in [1.807, 2.05) is 0 Å². The molecule has 1 fully saturated rings. The third kappa shape index (κ3) is 2.46. The highest BCUT2D eigenvalue weighted by molar-refractivity contribution is 8.13. The summed E-state index contributed by atoms with van der Waals surface area (Å²) >= 11 is 0. The van der Waals surface area contributed by atoms with E-state index in [4.69, 9.17) is 20.2 Å². The Balaban J connectivity index is 2.19. The maximum absolute atomic E-state index is 10.9. The summed E-state index contributed by atoms with van der Waals surface area (Å²) in [6.45, 7) is 1.27. The van der Waals surface area contributed by atoms with Crippen LogP contribution in [-0.2, 0) is 18.5 Å². The fourth-order valence-electron chi connectivity index (χ4n) is 1.16. The summed E-state index contributed by atoms with van der Waals surface area (Å²) in [7, 11) is 1.17. The van der Waals surface area contributed by atoms with E-state index < -0.39 is 20.3 Å². The maximum Gasteiger partial charge on any atom is 0.298 e. The highest BCUT2D eigenvalue weighted by Crippen LogP contribution is 2.18. The number of aromatic nitrogens is 3. The molecule has 0 bridgehead atoms. The molecule has 1 unspecified atom stereocenters. The summed E-state index contributed by atoms with van der Waals surface area (Å²) in [6.07, 6.45) is -0.418. The van der Waals surface area contributed by atoms with E-state index in [2.05, 4.69) is 15.2 Å². The number of hydrogen-bond acceptors (Lipinski definition) is 6. The average molecular weight is 254 g/mol. The molecule has 1 aliphatic rings. The number of halogens is 1. The van der Waals surface area contributed by atoms with Crippen molar-refractivity contribution < 1.29 is 17.9 Å². The second kappa shape index (κ2) is 4.05. The number of nitrogens with one attached hydrogen (secondary N) is 1. The van der Waals surface area contributed by atoms with Crippen LogP contribution in [0.2, 0.25) is 0 Å². The van der Waals surface area contributed by atoms with Crippen LogP contribution in [0.5, 0.6) is 0 Å². The van der Waals surface area contributed by atoms with Gasteiger partial charge in [-0.15, -0.1) is 5.10 Å². The highest BCUT2D eigenvalue weighted by Gasteiger charge is 2.24. The molecule has 15 heavy (non-hydrogen) atoms. The molecule has 0 aromatic carbocycles. The van der Waals surface area contributed by atoms with Crippen LogP contribution < -0.4 is 0 Å². The van der Waals surface area contributed by atoms with E-state index in [1.165, 1.54) is 0 Å². The van der Waals surface area contributed by atoms with Crippen LogP contribution in [0.3, 0.4) is 0 Å². The zero-order valence-corrected chi connectivity index (χ0v) is 9.08. The Morgan fingerprint density at radius 3 is 2.80 bits per heavy atom. The third-order valence-corrected chi connectivity index (χ3v) is 2.85. The lowest BCUT2D eigenvalue weighted by atomic mass is 10.3. The maximum atomic E-state index is 10.9. The predicted molar refractivity (Wildman–Crippen MR) is 48.9 cm³/mol. The van der Waals surface area contributed by atoms with E-state index in [0.29, 0.717) is 25.6 Å². The standard InChI is InChI=1S/C6H8ClN3O4S/c7-15(11,12)6-8-5(9-10-6)4-3-13-1-2-14-4/h4H,1-3H2,(H,8,9,10). The zero-order valence-electron chi connectivity index (χ0n) is 7.51. The van der Waals surface area contributed by atoms with Gasteiger partial charge in [-0.1, -0.05) is 0 Å². The van der Waals surface area contributed by atoms with Crippen molar-refractivity contribution in [3.8, 4) is 0 Å². The molecule has 0 amide bonds. The number of aromatic amines is 1. The molecule has 1 aromatic heterocycles. The number of ether oxygens (including phenoxy) is 2. The van der Waals surface area contributed by atoms with Crippen LogP contribution in [0, 0.1) is 0 Å². The summed E-state index contributed by atoms with van der Waals surface area (Å²) in [6, 6.07) is 0. The molecule has 0 aliphatic carbocycles. The van der Waals surface area contributed by atoms with Gasteiger partial charge in [-0.3, -0.25) is 5.10 Å². The van der Waals surface area contributed by atoms with E-state index in [9.17, 15) is 8.42 Å². The molecule has 0 radical (unpaired) electrons.